The Hall–Kier alpha value is -3.45. The Morgan fingerprint density at radius 2 is 2.17 bits per heavy atom. The normalized spacial score (nSPS) is 14.2. The van der Waals surface area contributed by atoms with Crippen molar-refractivity contribution in [3.63, 3.8) is 0 Å². The van der Waals surface area contributed by atoms with Gasteiger partial charge in [-0.3, -0.25) is 24.8 Å². The number of carbonyl (C=O) groups is 2. The van der Waals surface area contributed by atoms with Crippen LogP contribution in [0.15, 0.2) is 47.0 Å². The molecule has 7 heteroatoms. The van der Waals surface area contributed by atoms with Crippen molar-refractivity contribution in [1.82, 2.24) is 9.88 Å². The van der Waals surface area contributed by atoms with Gasteiger partial charge in [-0.05, 0) is 30.7 Å². The first-order chi connectivity index (χ1) is 14.4. The third-order valence-corrected chi connectivity index (χ3v) is 5.33. The molecule has 1 aliphatic heterocycles. The number of ketones is 1. The molecule has 3 heterocycles. The Labute approximate surface area is 174 Å². The van der Waals surface area contributed by atoms with Crippen LogP contribution in [0.25, 0.3) is 17.0 Å². The zero-order valence-electron chi connectivity index (χ0n) is 17.0. The molecule has 30 heavy (non-hydrogen) atoms. The molecule has 1 N–H and O–H groups in total. The average molecular weight is 405 g/mol. The number of furan rings is 1. The summed E-state index contributed by atoms with van der Waals surface area (Å²) in [5.74, 6) is 0.620. The summed E-state index contributed by atoms with van der Waals surface area (Å²) >= 11 is 0. The lowest BCUT2D eigenvalue weighted by molar-refractivity contribution is -0.125. The second-order valence-electron chi connectivity index (χ2n) is 7.50. The van der Waals surface area contributed by atoms with Crippen LogP contribution < -0.4 is 5.06 Å². The quantitative estimate of drug-likeness (QED) is 0.669. The van der Waals surface area contributed by atoms with Gasteiger partial charge in [0.25, 0.3) is 0 Å². The number of nitrogens with zero attached hydrogens (tertiary/aromatic N) is 3. The minimum atomic E-state index is -0.180. The predicted octanol–water partition coefficient (Wildman–Crippen LogP) is 3.52. The van der Waals surface area contributed by atoms with Crippen LogP contribution in [-0.4, -0.2) is 40.4 Å². The maximum atomic E-state index is 12.6. The smallest absolute Gasteiger partial charge is 0.246 e. The molecule has 0 unspecified atom stereocenters. The van der Waals surface area contributed by atoms with Gasteiger partial charge in [0.1, 0.15) is 17.1 Å². The van der Waals surface area contributed by atoms with Crippen LogP contribution >= 0.6 is 0 Å². The van der Waals surface area contributed by atoms with Crippen LogP contribution in [0.4, 0.5) is 5.69 Å². The summed E-state index contributed by atoms with van der Waals surface area (Å²) in [6.07, 6.45) is 5.19. The van der Waals surface area contributed by atoms with Gasteiger partial charge < -0.3 is 9.32 Å². The van der Waals surface area contributed by atoms with Crippen LogP contribution in [0.2, 0.25) is 0 Å². The molecule has 1 aliphatic rings. The number of hydroxylamine groups is 1. The van der Waals surface area contributed by atoms with E-state index in [2.05, 4.69) is 4.98 Å². The zero-order valence-corrected chi connectivity index (χ0v) is 17.0. The fraction of sp³-hybridized carbons (Fsp3) is 0.261. The number of amides is 1. The number of aryl methyl sites for hydroxylation is 1. The SMILES string of the molecule is Cc1c(CN(C)C(=O)/C=C/c2cnc3c(c2)N(O)CCC(=O)C3)oc2ccccc12. The largest absolute Gasteiger partial charge is 0.459 e. The topological polar surface area (TPSA) is 86.9 Å². The lowest BCUT2D eigenvalue weighted by atomic mass is 10.1. The van der Waals surface area contributed by atoms with Crippen molar-refractivity contribution in [2.75, 3.05) is 18.7 Å². The molecule has 0 bridgehead atoms. The van der Waals surface area contributed by atoms with Gasteiger partial charge in [0.2, 0.25) is 5.91 Å². The van der Waals surface area contributed by atoms with Crippen LogP contribution in [-0.2, 0) is 22.6 Å². The van der Waals surface area contributed by atoms with Crippen molar-refractivity contribution in [3.8, 4) is 0 Å². The van der Waals surface area contributed by atoms with Crippen LogP contribution in [0, 0.1) is 6.92 Å². The summed E-state index contributed by atoms with van der Waals surface area (Å²) in [5.41, 5.74) is 3.55. The maximum absolute atomic E-state index is 12.6. The number of para-hydroxylation sites is 1. The first kappa shape index (κ1) is 19.8. The third kappa shape index (κ3) is 3.97. The lowest BCUT2D eigenvalue weighted by Gasteiger charge is -2.16. The molecule has 0 radical (unpaired) electrons. The van der Waals surface area contributed by atoms with Gasteiger partial charge in [-0.1, -0.05) is 18.2 Å². The van der Waals surface area contributed by atoms with Crippen LogP contribution in [0.5, 0.6) is 0 Å². The highest BCUT2D eigenvalue weighted by molar-refractivity contribution is 5.92. The van der Waals surface area contributed by atoms with Crippen molar-refractivity contribution in [2.24, 2.45) is 0 Å². The highest BCUT2D eigenvalue weighted by Crippen LogP contribution is 2.26. The number of benzene rings is 1. The number of Topliss-reactive ketones (excluding diaryl/α,β-unsaturated/α-hetero) is 1. The van der Waals surface area contributed by atoms with Crippen molar-refractivity contribution >= 4 is 34.4 Å². The number of pyridine rings is 1. The Morgan fingerprint density at radius 3 is 2.97 bits per heavy atom. The van der Waals surface area contributed by atoms with Gasteiger partial charge in [-0.2, -0.15) is 0 Å². The van der Waals surface area contributed by atoms with E-state index in [1.54, 1.807) is 30.3 Å². The third-order valence-electron chi connectivity index (χ3n) is 5.33. The number of likely N-dealkylation sites (N-methyl/N-ethyl adjacent to an activating group) is 1. The number of fused-ring (bicyclic) bond motifs is 2. The molecule has 1 aromatic carbocycles. The van der Waals surface area contributed by atoms with E-state index >= 15 is 0 Å². The molecule has 0 fully saturated rings. The summed E-state index contributed by atoms with van der Waals surface area (Å²) in [6, 6.07) is 9.53. The van der Waals surface area contributed by atoms with Crippen LogP contribution in [0.1, 0.15) is 29.0 Å². The lowest BCUT2D eigenvalue weighted by Crippen LogP contribution is -2.24. The minimum Gasteiger partial charge on any atom is -0.459 e. The van der Waals surface area contributed by atoms with E-state index in [0.29, 0.717) is 23.5 Å². The second kappa shape index (κ2) is 8.12. The van der Waals surface area contributed by atoms with Crippen molar-refractivity contribution in [2.45, 2.75) is 26.3 Å². The molecular weight excluding hydrogens is 382 g/mol. The Kier molecular flexibility index (Phi) is 5.37. The molecule has 3 aromatic rings. The van der Waals surface area contributed by atoms with Crippen LogP contribution in [0.3, 0.4) is 0 Å². The molecule has 1 amide bonds. The molecular formula is C23H23N3O4. The number of carbonyl (C=O) groups excluding carboxylic acids is 2. The molecule has 0 saturated carbocycles. The van der Waals surface area contributed by atoms with Gasteiger partial charge in [-0.25, -0.2) is 0 Å². The monoisotopic (exact) mass is 405 g/mol. The van der Waals surface area contributed by atoms with E-state index in [9.17, 15) is 14.8 Å². The predicted molar refractivity (Wildman–Crippen MR) is 113 cm³/mol. The maximum Gasteiger partial charge on any atom is 0.246 e. The average Bonchev–Trinajstić information content (AvgIpc) is 2.98. The fourth-order valence-electron chi connectivity index (χ4n) is 3.54. The Balaban J connectivity index is 1.48. The number of aromatic nitrogens is 1. The highest BCUT2D eigenvalue weighted by atomic mass is 16.5. The number of hydrogen-bond donors (Lipinski definition) is 1. The van der Waals surface area contributed by atoms with E-state index < -0.39 is 0 Å². The number of rotatable bonds is 4. The molecule has 4 rings (SSSR count). The molecule has 0 spiro atoms. The number of anilines is 1. The molecule has 0 atom stereocenters. The van der Waals surface area contributed by atoms with Crippen molar-refractivity contribution < 1.29 is 19.2 Å². The van der Waals surface area contributed by atoms with Gasteiger partial charge >= 0.3 is 0 Å². The first-order valence-electron chi connectivity index (χ1n) is 9.79. The molecule has 0 aliphatic carbocycles. The molecule has 2 aromatic heterocycles. The van der Waals surface area contributed by atoms with E-state index in [4.69, 9.17) is 4.42 Å². The summed E-state index contributed by atoms with van der Waals surface area (Å²) in [4.78, 5) is 30.2. The second-order valence-corrected chi connectivity index (χ2v) is 7.50. The van der Waals surface area contributed by atoms with E-state index in [1.165, 1.54) is 6.08 Å². The first-order valence-corrected chi connectivity index (χ1v) is 9.79. The van der Waals surface area contributed by atoms with Crippen molar-refractivity contribution in [1.29, 1.82) is 0 Å². The van der Waals surface area contributed by atoms with Gasteiger partial charge in [-0.15, -0.1) is 0 Å². The van der Waals surface area contributed by atoms with E-state index in [1.807, 2.05) is 31.2 Å². The standard InChI is InChI=1S/C23H23N3O4/c1-15-18-5-3-4-6-21(18)30-22(15)14-25(2)23(28)8-7-16-11-20-19(24-13-16)12-17(27)9-10-26(20)29/h3-8,11,13,29H,9-10,12,14H2,1-2H3/b8-7+. The molecule has 7 nitrogen and oxygen atoms in total. The molecule has 154 valence electrons. The Bertz CT molecular complexity index is 1150. The van der Waals surface area contributed by atoms with E-state index in [0.717, 1.165) is 27.4 Å². The highest BCUT2D eigenvalue weighted by Gasteiger charge is 2.20. The fourth-order valence-corrected chi connectivity index (χ4v) is 3.54. The van der Waals surface area contributed by atoms with Crippen molar-refractivity contribution in [3.05, 3.63) is 65.2 Å². The zero-order chi connectivity index (χ0) is 21.3. The summed E-state index contributed by atoms with van der Waals surface area (Å²) in [5, 5.41) is 12.2. The summed E-state index contributed by atoms with van der Waals surface area (Å²) < 4.78 is 5.89. The summed E-state index contributed by atoms with van der Waals surface area (Å²) in [6.45, 7) is 2.58. The van der Waals surface area contributed by atoms with Gasteiger partial charge in [0.05, 0.1) is 30.9 Å². The molecule has 0 saturated heterocycles. The number of hydrogen-bond acceptors (Lipinski definition) is 6. The van der Waals surface area contributed by atoms with Gasteiger partial charge in [0, 0.05) is 36.7 Å². The minimum absolute atomic E-state index is 0.0428. The summed E-state index contributed by atoms with van der Waals surface area (Å²) in [7, 11) is 1.72. The van der Waals surface area contributed by atoms with Gasteiger partial charge in [0.15, 0.2) is 0 Å². The Morgan fingerprint density at radius 1 is 1.37 bits per heavy atom. The van der Waals surface area contributed by atoms with E-state index in [-0.39, 0.29) is 31.1 Å².